The molecule has 3 nitrogen and oxygen atoms in total. The van der Waals surface area contributed by atoms with E-state index in [9.17, 15) is 4.79 Å². The molecule has 0 aliphatic carbocycles. The summed E-state index contributed by atoms with van der Waals surface area (Å²) in [5.74, 6) is 0.0280. The van der Waals surface area contributed by atoms with Gasteiger partial charge in [0.05, 0.1) is 6.04 Å². The van der Waals surface area contributed by atoms with Gasteiger partial charge in [0.2, 0.25) is 5.91 Å². The monoisotopic (exact) mass is 268 g/mol. The molecule has 2 rings (SSSR count). The Kier molecular flexibility index (Phi) is 5.33. The first-order valence-corrected chi connectivity index (χ1v) is 6.82. The molecule has 0 saturated heterocycles. The fraction of sp³-hybridized carbons (Fsp3) is 0.235. The minimum absolute atomic E-state index is 0.0280. The Balaban J connectivity index is 1.89. The maximum absolute atomic E-state index is 12.2. The van der Waals surface area contributed by atoms with Crippen molar-refractivity contribution in [2.75, 3.05) is 7.05 Å². The highest BCUT2D eigenvalue weighted by Gasteiger charge is 2.16. The van der Waals surface area contributed by atoms with Gasteiger partial charge in [0, 0.05) is 6.54 Å². The average molecular weight is 268 g/mol. The molecule has 0 heterocycles. The second-order valence-electron chi connectivity index (χ2n) is 4.73. The van der Waals surface area contributed by atoms with Crippen molar-refractivity contribution >= 4 is 5.91 Å². The Hall–Kier alpha value is -2.13. The summed E-state index contributed by atoms with van der Waals surface area (Å²) >= 11 is 0. The van der Waals surface area contributed by atoms with Crippen molar-refractivity contribution in [3.8, 4) is 0 Å². The van der Waals surface area contributed by atoms with Crippen LogP contribution in [-0.4, -0.2) is 19.0 Å². The van der Waals surface area contributed by atoms with Crippen LogP contribution in [0.4, 0.5) is 0 Å². The molecule has 3 heteroatoms. The van der Waals surface area contributed by atoms with E-state index in [1.807, 2.05) is 67.7 Å². The molecule has 0 aliphatic heterocycles. The largest absolute Gasteiger partial charge is 0.351 e. The van der Waals surface area contributed by atoms with Gasteiger partial charge >= 0.3 is 0 Å². The predicted octanol–water partition coefficient (Wildman–Crippen LogP) is 2.13. The zero-order chi connectivity index (χ0) is 14.2. The lowest BCUT2D eigenvalue weighted by atomic mass is 10.1. The number of rotatable bonds is 6. The summed E-state index contributed by atoms with van der Waals surface area (Å²) in [5.41, 5.74) is 2.26. The highest BCUT2D eigenvalue weighted by molar-refractivity contribution is 5.82. The lowest BCUT2D eigenvalue weighted by molar-refractivity contribution is -0.123. The molecule has 0 aliphatic rings. The summed E-state index contributed by atoms with van der Waals surface area (Å²) < 4.78 is 0. The molecular formula is C17H20N2O. The topological polar surface area (TPSA) is 41.1 Å². The van der Waals surface area contributed by atoms with Gasteiger partial charge in [-0.2, -0.15) is 0 Å². The molecule has 0 spiro atoms. The highest BCUT2D eigenvalue weighted by atomic mass is 16.2. The average Bonchev–Trinajstić information content (AvgIpc) is 2.52. The summed E-state index contributed by atoms with van der Waals surface area (Å²) in [6.45, 7) is 0.562. The smallest absolute Gasteiger partial charge is 0.237 e. The Morgan fingerprint density at radius 1 is 0.950 bits per heavy atom. The van der Waals surface area contributed by atoms with Crippen molar-refractivity contribution in [2.24, 2.45) is 0 Å². The minimum Gasteiger partial charge on any atom is -0.351 e. The number of carbonyl (C=O) groups is 1. The molecule has 0 aromatic heterocycles. The van der Waals surface area contributed by atoms with Crippen molar-refractivity contribution in [2.45, 2.75) is 19.0 Å². The molecule has 1 atom stereocenters. The van der Waals surface area contributed by atoms with Crippen LogP contribution in [0.3, 0.4) is 0 Å². The third-order valence-electron chi connectivity index (χ3n) is 3.26. The number of benzene rings is 2. The van der Waals surface area contributed by atoms with E-state index in [-0.39, 0.29) is 11.9 Å². The van der Waals surface area contributed by atoms with Crippen LogP contribution >= 0.6 is 0 Å². The van der Waals surface area contributed by atoms with Gasteiger partial charge < -0.3 is 10.6 Å². The van der Waals surface area contributed by atoms with Gasteiger partial charge in [-0.25, -0.2) is 0 Å². The van der Waals surface area contributed by atoms with E-state index in [2.05, 4.69) is 10.6 Å². The predicted molar refractivity (Wildman–Crippen MR) is 81.3 cm³/mol. The molecule has 0 radical (unpaired) electrons. The second-order valence-corrected chi connectivity index (χ2v) is 4.73. The van der Waals surface area contributed by atoms with Gasteiger partial charge in [-0.15, -0.1) is 0 Å². The van der Waals surface area contributed by atoms with Crippen molar-refractivity contribution in [1.82, 2.24) is 10.6 Å². The van der Waals surface area contributed by atoms with Gasteiger partial charge in [-0.05, 0) is 24.6 Å². The standard InChI is InChI=1S/C17H20N2O/c1-18-16(12-14-8-4-2-5-9-14)17(20)19-13-15-10-6-3-7-11-15/h2-11,16,18H,12-13H2,1H3,(H,19,20). The number of nitrogens with one attached hydrogen (secondary N) is 2. The molecule has 0 bridgehead atoms. The fourth-order valence-corrected chi connectivity index (χ4v) is 2.08. The molecule has 1 amide bonds. The number of amides is 1. The second kappa shape index (κ2) is 7.46. The fourth-order valence-electron chi connectivity index (χ4n) is 2.08. The van der Waals surface area contributed by atoms with Crippen LogP contribution in [0.5, 0.6) is 0 Å². The van der Waals surface area contributed by atoms with E-state index in [4.69, 9.17) is 0 Å². The third-order valence-corrected chi connectivity index (χ3v) is 3.26. The quantitative estimate of drug-likeness (QED) is 0.842. The van der Waals surface area contributed by atoms with Crippen LogP contribution in [0.2, 0.25) is 0 Å². The normalized spacial score (nSPS) is 11.8. The van der Waals surface area contributed by atoms with Gasteiger partial charge in [0.15, 0.2) is 0 Å². The SMILES string of the molecule is CNC(Cc1ccccc1)C(=O)NCc1ccccc1. The Labute approximate surface area is 120 Å². The minimum atomic E-state index is -0.207. The van der Waals surface area contributed by atoms with Crippen molar-refractivity contribution in [3.05, 3.63) is 71.8 Å². The molecule has 1 unspecified atom stereocenters. The lowest BCUT2D eigenvalue weighted by Gasteiger charge is -2.16. The molecule has 0 fully saturated rings. The Bertz CT molecular complexity index is 525. The van der Waals surface area contributed by atoms with Gasteiger partial charge in [0.25, 0.3) is 0 Å². The van der Waals surface area contributed by atoms with Crippen LogP contribution < -0.4 is 10.6 Å². The van der Waals surface area contributed by atoms with E-state index < -0.39 is 0 Å². The van der Waals surface area contributed by atoms with Crippen molar-refractivity contribution < 1.29 is 4.79 Å². The summed E-state index contributed by atoms with van der Waals surface area (Å²) in [6.07, 6.45) is 0.692. The van der Waals surface area contributed by atoms with E-state index in [1.54, 1.807) is 0 Å². The summed E-state index contributed by atoms with van der Waals surface area (Å²) in [7, 11) is 1.82. The Morgan fingerprint density at radius 3 is 2.05 bits per heavy atom. The van der Waals surface area contributed by atoms with E-state index in [0.29, 0.717) is 13.0 Å². The van der Waals surface area contributed by atoms with Crippen LogP contribution in [0.15, 0.2) is 60.7 Å². The molecule has 20 heavy (non-hydrogen) atoms. The van der Waals surface area contributed by atoms with Gasteiger partial charge in [0.1, 0.15) is 0 Å². The third kappa shape index (κ3) is 4.21. The van der Waals surface area contributed by atoms with Crippen LogP contribution in [0.1, 0.15) is 11.1 Å². The molecule has 2 N–H and O–H groups in total. The van der Waals surface area contributed by atoms with Crippen LogP contribution in [-0.2, 0) is 17.8 Å². The maximum atomic E-state index is 12.2. The van der Waals surface area contributed by atoms with Crippen molar-refractivity contribution in [1.29, 1.82) is 0 Å². The molecule has 0 saturated carbocycles. The van der Waals surface area contributed by atoms with Gasteiger partial charge in [-0.3, -0.25) is 4.79 Å². The summed E-state index contributed by atoms with van der Waals surface area (Å²) in [4.78, 5) is 12.2. The Morgan fingerprint density at radius 2 is 1.50 bits per heavy atom. The van der Waals surface area contributed by atoms with Crippen LogP contribution in [0.25, 0.3) is 0 Å². The van der Waals surface area contributed by atoms with E-state index in [0.717, 1.165) is 11.1 Å². The zero-order valence-corrected chi connectivity index (χ0v) is 11.7. The molecule has 2 aromatic rings. The molecule has 104 valence electrons. The summed E-state index contributed by atoms with van der Waals surface area (Å²) in [5, 5.41) is 6.04. The molecule has 2 aromatic carbocycles. The number of carbonyl (C=O) groups excluding carboxylic acids is 1. The van der Waals surface area contributed by atoms with Gasteiger partial charge in [-0.1, -0.05) is 60.7 Å². The maximum Gasteiger partial charge on any atom is 0.237 e. The number of likely N-dealkylation sites (N-methyl/N-ethyl adjacent to an activating group) is 1. The highest BCUT2D eigenvalue weighted by Crippen LogP contribution is 2.04. The van der Waals surface area contributed by atoms with E-state index >= 15 is 0 Å². The van der Waals surface area contributed by atoms with Crippen molar-refractivity contribution in [3.63, 3.8) is 0 Å². The zero-order valence-electron chi connectivity index (χ0n) is 11.7. The number of hydrogen-bond acceptors (Lipinski definition) is 2. The summed E-state index contributed by atoms with van der Waals surface area (Å²) in [6, 6.07) is 19.8. The van der Waals surface area contributed by atoms with Crippen LogP contribution in [0, 0.1) is 0 Å². The first-order chi connectivity index (χ1) is 9.79. The lowest BCUT2D eigenvalue weighted by Crippen LogP contribution is -2.43. The molecular weight excluding hydrogens is 248 g/mol. The number of hydrogen-bond donors (Lipinski definition) is 2. The van der Waals surface area contributed by atoms with E-state index in [1.165, 1.54) is 0 Å². The first kappa shape index (κ1) is 14.3. The first-order valence-electron chi connectivity index (χ1n) is 6.82.